The van der Waals surface area contributed by atoms with Crippen LogP contribution in [0.15, 0.2) is 48.5 Å². The van der Waals surface area contributed by atoms with Gasteiger partial charge in [0, 0.05) is 16.9 Å². The zero-order valence-electron chi connectivity index (χ0n) is 17.1. The first-order valence-corrected chi connectivity index (χ1v) is 10.5. The molecule has 156 valence electrons. The van der Waals surface area contributed by atoms with Crippen LogP contribution in [-0.2, 0) is 14.3 Å². The lowest BCUT2D eigenvalue weighted by atomic mass is 9.75. The van der Waals surface area contributed by atoms with Crippen LogP contribution in [-0.4, -0.2) is 23.4 Å². The normalized spacial score (nSPS) is 19.9. The minimum atomic E-state index is -0.667. The Morgan fingerprint density at radius 2 is 1.77 bits per heavy atom. The summed E-state index contributed by atoms with van der Waals surface area (Å²) in [6.45, 7) is 1.93. The van der Waals surface area contributed by atoms with Crippen LogP contribution in [0.1, 0.15) is 54.4 Å². The highest BCUT2D eigenvalue weighted by atomic mass is 16.6. The number of ether oxygens (including phenoxy) is 1. The van der Waals surface area contributed by atoms with Crippen LogP contribution in [0.5, 0.6) is 0 Å². The van der Waals surface area contributed by atoms with Crippen molar-refractivity contribution in [1.29, 1.82) is 0 Å². The average molecular weight is 406 g/mol. The van der Waals surface area contributed by atoms with E-state index < -0.39 is 11.5 Å². The number of benzene rings is 2. The molecule has 2 N–H and O–H groups in total. The van der Waals surface area contributed by atoms with Crippen LogP contribution in [0, 0.1) is 12.8 Å². The maximum Gasteiger partial charge on any atom is 0.307 e. The van der Waals surface area contributed by atoms with Gasteiger partial charge in [-0.3, -0.25) is 14.4 Å². The lowest BCUT2D eigenvalue weighted by Crippen LogP contribution is -2.43. The molecule has 2 aromatic carbocycles. The van der Waals surface area contributed by atoms with E-state index in [1.54, 1.807) is 24.3 Å². The van der Waals surface area contributed by atoms with Gasteiger partial charge in [0.05, 0.1) is 12.3 Å². The number of hydrogen-bond acceptors (Lipinski definition) is 4. The molecule has 1 atom stereocenters. The minimum Gasteiger partial charge on any atom is -0.458 e. The largest absolute Gasteiger partial charge is 0.458 e. The third kappa shape index (κ3) is 4.08. The fourth-order valence-corrected chi connectivity index (χ4v) is 4.50. The van der Waals surface area contributed by atoms with Crippen molar-refractivity contribution in [3.05, 3.63) is 59.7 Å². The first-order valence-electron chi connectivity index (χ1n) is 10.5. The molecule has 1 aliphatic carbocycles. The number of amides is 2. The van der Waals surface area contributed by atoms with Crippen molar-refractivity contribution in [3.63, 3.8) is 0 Å². The van der Waals surface area contributed by atoms with Crippen molar-refractivity contribution in [2.45, 2.75) is 51.0 Å². The average Bonchev–Trinajstić information content (AvgIpc) is 3.05. The predicted molar refractivity (Wildman–Crippen MR) is 114 cm³/mol. The summed E-state index contributed by atoms with van der Waals surface area (Å²) in [6, 6.07) is 14.4. The summed E-state index contributed by atoms with van der Waals surface area (Å²) in [7, 11) is 0. The van der Waals surface area contributed by atoms with Gasteiger partial charge in [0.2, 0.25) is 5.91 Å². The number of esters is 1. The molecule has 30 heavy (non-hydrogen) atoms. The second kappa shape index (κ2) is 8.30. The summed E-state index contributed by atoms with van der Waals surface area (Å²) in [5.74, 6) is -1.26. The van der Waals surface area contributed by atoms with Crippen LogP contribution in [0.4, 0.5) is 11.4 Å². The number of anilines is 2. The van der Waals surface area contributed by atoms with E-state index in [1.165, 1.54) is 0 Å². The summed E-state index contributed by atoms with van der Waals surface area (Å²) < 4.78 is 5.64. The van der Waals surface area contributed by atoms with Gasteiger partial charge in [-0.05, 0) is 62.4 Å². The Morgan fingerprint density at radius 3 is 2.53 bits per heavy atom. The van der Waals surface area contributed by atoms with E-state index in [2.05, 4.69) is 10.6 Å². The summed E-state index contributed by atoms with van der Waals surface area (Å²) in [4.78, 5) is 37.6. The Balaban J connectivity index is 1.47. The van der Waals surface area contributed by atoms with Gasteiger partial charge in [-0.15, -0.1) is 0 Å². The van der Waals surface area contributed by atoms with Gasteiger partial charge in [0.15, 0.2) is 0 Å². The van der Waals surface area contributed by atoms with Crippen LogP contribution >= 0.6 is 0 Å². The molecule has 2 aromatic rings. The van der Waals surface area contributed by atoms with Gasteiger partial charge in [-0.25, -0.2) is 0 Å². The maximum atomic E-state index is 13.0. The highest BCUT2D eigenvalue weighted by Crippen LogP contribution is 2.44. The molecule has 0 radical (unpaired) electrons. The first-order chi connectivity index (χ1) is 14.5. The lowest BCUT2D eigenvalue weighted by Gasteiger charge is -2.36. The minimum absolute atomic E-state index is 0.110. The Kier molecular flexibility index (Phi) is 5.57. The molecule has 6 nitrogen and oxygen atoms in total. The van der Waals surface area contributed by atoms with E-state index >= 15 is 0 Å². The summed E-state index contributed by atoms with van der Waals surface area (Å²) in [5, 5.41) is 5.79. The fraction of sp³-hybridized carbons (Fsp3) is 0.375. The molecule has 6 heteroatoms. The number of nitrogens with one attached hydrogen (secondary N) is 2. The van der Waals surface area contributed by atoms with Crippen molar-refractivity contribution < 1.29 is 19.1 Å². The Morgan fingerprint density at radius 1 is 1.00 bits per heavy atom. The molecule has 1 spiro atoms. The number of para-hydroxylation sites is 1. The Labute approximate surface area is 176 Å². The summed E-state index contributed by atoms with van der Waals surface area (Å²) in [5.41, 5.74) is 2.03. The first kappa shape index (κ1) is 20.1. The smallest absolute Gasteiger partial charge is 0.307 e. The van der Waals surface area contributed by atoms with E-state index in [4.69, 9.17) is 4.74 Å². The van der Waals surface area contributed by atoms with E-state index in [0.717, 1.165) is 43.4 Å². The lowest BCUT2D eigenvalue weighted by molar-refractivity contribution is -0.153. The molecule has 2 amide bonds. The van der Waals surface area contributed by atoms with Gasteiger partial charge in [0.25, 0.3) is 5.91 Å². The fourth-order valence-electron chi connectivity index (χ4n) is 4.50. The molecule has 2 aliphatic rings. The van der Waals surface area contributed by atoms with Gasteiger partial charge >= 0.3 is 5.97 Å². The van der Waals surface area contributed by atoms with Crippen LogP contribution in [0.2, 0.25) is 0 Å². The molecule has 0 aromatic heterocycles. The van der Waals surface area contributed by atoms with Gasteiger partial charge in [-0.1, -0.05) is 30.7 Å². The van der Waals surface area contributed by atoms with Crippen LogP contribution in [0.3, 0.4) is 0 Å². The SMILES string of the molecule is Cc1ccccc1NC(=O)c1cccc(NC(=O)[C@@H]2CC(=O)OC23CCCCC3)c1. The van der Waals surface area contributed by atoms with Gasteiger partial charge in [-0.2, -0.15) is 0 Å². The van der Waals surface area contributed by atoms with Crippen LogP contribution < -0.4 is 10.6 Å². The molecule has 0 unspecified atom stereocenters. The third-order valence-electron chi connectivity index (χ3n) is 6.12. The summed E-state index contributed by atoms with van der Waals surface area (Å²) in [6.07, 6.45) is 4.60. The highest BCUT2D eigenvalue weighted by Gasteiger charge is 2.52. The van der Waals surface area contributed by atoms with Crippen molar-refractivity contribution in [2.75, 3.05) is 10.6 Å². The molecule has 4 rings (SSSR count). The Bertz CT molecular complexity index is 979. The van der Waals surface area contributed by atoms with Crippen molar-refractivity contribution in [2.24, 2.45) is 5.92 Å². The number of hydrogen-bond donors (Lipinski definition) is 2. The van der Waals surface area contributed by atoms with E-state index in [0.29, 0.717) is 11.3 Å². The number of aryl methyl sites for hydroxylation is 1. The highest BCUT2D eigenvalue weighted by molar-refractivity contribution is 6.06. The summed E-state index contributed by atoms with van der Waals surface area (Å²) >= 11 is 0. The molecule has 1 saturated heterocycles. The van der Waals surface area contributed by atoms with Crippen molar-refractivity contribution in [1.82, 2.24) is 0 Å². The molecule has 2 fully saturated rings. The van der Waals surface area contributed by atoms with Crippen molar-refractivity contribution >= 4 is 29.2 Å². The zero-order chi connectivity index (χ0) is 21.1. The monoisotopic (exact) mass is 406 g/mol. The van der Waals surface area contributed by atoms with Crippen molar-refractivity contribution in [3.8, 4) is 0 Å². The number of carbonyl (C=O) groups is 3. The quantitative estimate of drug-likeness (QED) is 0.735. The van der Waals surface area contributed by atoms with E-state index in [9.17, 15) is 14.4 Å². The van der Waals surface area contributed by atoms with Gasteiger partial charge in [0.1, 0.15) is 5.60 Å². The second-order valence-electron chi connectivity index (χ2n) is 8.20. The standard InChI is InChI=1S/C24H26N2O4/c1-16-8-3-4-11-20(16)26-22(28)17-9-7-10-18(14-17)25-23(29)19-15-21(27)30-24(19)12-5-2-6-13-24/h3-4,7-11,14,19H,2,5-6,12-13,15H2,1H3,(H,25,29)(H,26,28)/t19-/m0/s1. The molecule has 0 bridgehead atoms. The molecule has 1 heterocycles. The molecule has 1 aliphatic heterocycles. The topological polar surface area (TPSA) is 84.5 Å². The third-order valence-corrected chi connectivity index (χ3v) is 6.12. The molecular weight excluding hydrogens is 380 g/mol. The molecular formula is C24H26N2O4. The zero-order valence-corrected chi connectivity index (χ0v) is 17.1. The Hall–Kier alpha value is -3.15. The second-order valence-corrected chi connectivity index (χ2v) is 8.20. The molecule has 1 saturated carbocycles. The number of rotatable bonds is 4. The predicted octanol–water partition coefficient (Wildman–Crippen LogP) is 4.45. The van der Waals surface area contributed by atoms with E-state index in [1.807, 2.05) is 31.2 Å². The van der Waals surface area contributed by atoms with E-state index in [-0.39, 0.29) is 24.2 Å². The number of carbonyl (C=O) groups excluding carboxylic acids is 3. The van der Waals surface area contributed by atoms with Gasteiger partial charge < -0.3 is 15.4 Å². The van der Waals surface area contributed by atoms with Crippen LogP contribution in [0.25, 0.3) is 0 Å². The maximum absolute atomic E-state index is 13.0.